The molecule has 32 heavy (non-hydrogen) atoms. The van der Waals surface area contributed by atoms with E-state index in [0.717, 1.165) is 19.4 Å². The Bertz CT molecular complexity index is 1010. The zero-order valence-corrected chi connectivity index (χ0v) is 19.5. The number of carbonyl (C=O) groups excluding carboxylic acids is 1. The summed E-state index contributed by atoms with van der Waals surface area (Å²) < 4.78 is 43.6. The lowest BCUT2D eigenvalue weighted by molar-refractivity contribution is 0.0679. The fraction of sp³-hybridized carbons (Fsp3) is 0.435. The summed E-state index contributed by atoms with van der Waals surface area (Å²) in [5, 5.41) is 2.75. The third kappa shape index (κ3) is 5.59. The van der Waals surface area contributed by atoms with Gasteiger partial charge in [-0.05, 0) is 55.3 Å². The molecule has 1 unspecified atom stereocenters. The Hall–Kier alpha value is -2.62. The largest absolute Gasteiger partial charge is 0.495 e. The van der Waals surface area contributed by atoms with E-state index in [2.05, 4.69) is 5.32 Å². The standard InChI is InChI=1S/C23H30N2O6S/c1-4-25(5-2)32(27,28)20-12-13-22(29-3)21(15-20)24-23(26)17-8-10-18(11-9-17)31-16-19-7-6-14-30-19/h8-13,15,19H,4-7,14,16H2,1-3H3,(H,24,26). The van der Waals surface area contributed by atoms with E-state index in [4.69, 9.17) is 14.2 Å². The van der Waals surface area contributed by atoms with Crippen LogP contribution in [0.5, 0.6) is 11.5 Å². The first kappa shape index (κ1) is 24.0. The van der Waals surface area contributed by atoms with Crippen molar-refractivity contribution in [1.29, 1.82) is 0 Å². The van der Waals surface area contributed by atoms with Gasteiger partial charge in [0.25, 0.3) is 5.91 Å². The molecule has 1 aliphatic rings. The van der Waals surface area contributed by atoms with E-state index in [-0.39, 0.29) is 22.6 Å². The molecule has 0 aliphatic carbocycles. The Morgan fingerprint density at radius 2 is 1.88 bits per heavy atom. The molecule has 0 aromatic heterocycles. The molecule has 9 heteroatoms. The highest BCUT2D eigenvalue weighted by atomic mass is 32.2. The molecule has 0 spiro atoms. The zero-order chi connectivity index (χ0) is 23.1. The molecular formula is C23H30N2O6S. The Balaban J connectivity index is 1.73. The minimum Gasteiger partial charge on any atom is -0.495 e. The molecule has 1 N–H and O–H groups in total. The van der Waals surface area contributed by atoms with Gasteiger partial charge >= 0.3 is 0 Å². The quantitative estimate of drug-likeness (QED) is 0.581. The number of hydrogen-bond donors (Lipinski definition) is 1. The number of carbonyl (C=O) groups is 1. The molecular weight excluding hydrogens is 432 g/mol. The van der Waals surface area contributed by atoms with Crippen LogP contribution in [-0.2, 0) is 14.8 Å². The van der Waals surface area contributed by atoms with Crippen LogP contribution in [0.15, 0.2) is 47.4 Å². The molecule has 2 aromatic rings. The number of nitrogens with one attached hydrogen (secondary N) is 1. The predicted octanol–water partition coefficient (Wildman–Crippen LogP) is 3.54. The highest BCUT2D eigenvalue weighted by Crippen LogP contribution is 2.29. The summed E-state index contributed by atoms with van der Waals surface area (Å²) in [5.41, 5.74) is 0.693. The highest BCUT2D eigenvalue weighted by Gasteiger charge is 2.23. The van der Waals surface area contributed by atoms with Crippen LogP contribution in [0.1, 0.15) is 37.0 Å². The van der Waals surface area contributed by atoms with Crippen molar-refractivity contribution in [2.24, 2.45) is 0 Å². The molecule has 0 saturated carbocycles. The molecule has 1 aliphatic heterocycles. The van der Waals surface area contributed by atoms with Gasteiger partial charge in [0.2, 0.25) is 10.0 Å². The first-order valence-electron chi connectivity index (χ1n) is 10.7. The number of nitrogens with zero attached hydrogens (tertiary/aromatic N) is 1. The van der Waals surface area contributed by atoms with E-state index in [9.17, 15) is 13.2 Å². The van der Waals surface area contributed by atoms with Crippen LogP contribution in [0.25, 0.3) is 0 Å². The number of methoxy groups -OCH3 is 1. The molecule has 174 valence electrons. The van der Waals surface area contributed by atoms with Crippen LogP contribution in [0, 0.1) is 0 Å². The lowest BCUT2D eigenvalue weighted by Gasteiger charge is -2.19. The summed E-state index contributed by atoms with van der Waals surface area (Å²) in [6, 6.07) is 11.2. The van der Waals surface area contributed by atoms with E-state index in [1.54, 1.807) is 38.1 Å². The van der Waals surface area contributed by atoms with Crippen molar-refractivity contribution < 1.29 is 27.4 Å². The van der Waals surface area contributed by atoms with Gasteiger partial charge in [-0.2, -0.15) is 4.31 Å². The number of hydrogen-bond acceptors (Lipinski definition) is 6. The van der Waals surface area contributed by atoms with E-state index < -0.39 is 10.0 Å². The Morgan fingerprint density at radius 3 is 2.47 bits per heavy atom. The van der Waals surface area contributed by atoms with Crippen LogP contribution < -0.4 is 14.8 Å². The molecule has 0 radical (unpaired) electrons. The molecule has 1 atom stereocenters. The topological polar surface area (TPSA) is 94.2 Å². The number of amides is 1. The number of rotatable bonds is 10. The van der Waals surface area contributed by atoms with Crippen molar-refractivity contribution in [1.82, 2.24) is 4.31 Å². The van der Waals surface area contributed by atoms with Gasteiger partial charge in [0.1, 0.15) is 18.1 Å². The molecule has 1 amide bonds. The van der Waals surface area contributed by atoms with Gasteiger partial charge in [0.05, 0.1) is 23.8 Å². The van der Waals surface area contributed by atoms with Crippen molar-refractivity contribution in [3.05, 3.63) is 48.0 Å². The summed E-state index contributed by atoms with van der Waals surface area (Å²) in [4.78, 5) is 12.9. The SMILES string of the molecule is CCN(CC)S(=O)(=O)c1ccc(OC)c(NC(=O)c2ccc(OCC3CCCO3)cc2)c1. The van der Waals surface area contributed by atoms with Crippen LogP contribution in [0.4, 0.5) is 5.69 Å². The van der Waals surface area contributed by atoms with Crippen LogP contribution in [-0.4, -0.2) is 58.1 Å². The predicted molar refractivity (Wildman–Crippen MR) is 122 cm³/mol. The average Bonchev–Trinajstić information content (AvgIpc) is 3.32. The number of anilines is 1. The zero-order valence-electron chi connectivity index (χ0n) is 18.7. The van der Waals surface area contributed by atoms with E-state index >= 15 is 0 Å². The van der Waals surface area contributed by atoms with Crippen molar-refractivity contribution >= 4 is 21.6 Å². The third-order valence-corrected chi connectivity index (χ3v) is 7.38. The van der Waals surface area contributed by atoms with Gasteiger partial charge in [-0.15, -0.1) is 0 Å². The maximum Gasteiger partial charge on any atom is 0.255 e. The van der Waals surface area contributed by atoms with Crippen molar-refractivity contribution in [3.63, 3.8) is 0 Å². The fourth-order valence-corrected chi connectivity index (χ4v) is 5.00. The van der Waals surface area contributed by atoms with Crippen molar-refractivity contribution in [2.45, 2.75) is 37.7 Å². The fourth-order valence-electron chi connectivity index (χ4n) is 3.52. The van der Waals surface area contributed by atoms with Gasteiger partial charge in [-0.1, -0.05) is 13.8 Å². The van der Waals surface area contributed by atoms with E-state index in [1.807, 2.05) is 0 Å². The summed E-state index contributed by atoms with van der Waals surface area (Å²) in [5.74, 6) is 0.640. The summed E-state index contributed by atoms with van der Waals surface area (Å²) >= 11 is 0. The van der Waals surface area contributed by atoms with Crippen LogP contribution in [0.3, 0.4) is 0 Å². The number of benzene rings is 2. The van der Waals surface area contributed by atoms with Gasteiger partial charge in [-0.25, -0.2) is 8.42 Å². The molecule has 2 aromatic carbocycles. The lowest BCUT2D eigenvalue weighted by atomic mass is 10.2. The van der Waals surface area contributed by atoms with Gasteiger partial charge in [0, 0.05) is 25.3 Å². The normalized spacial score (nSPS) is 16.2. The Labute approximate surface area is 189 Å². The second kappa shape index (κ2) is 10.8. The summed E-state index contributed by atoms with van der Waals surface area (Å²) in [6.45, 7) is 5.52. The minimum atomic E-state index is -3.67. The minimum absolute atomic E-state index is 0.0928. The first-order valence-corrected chi connectivity index (χ1v) is 12.2. The smallest absolute Gasteiger partial charge is 0.255 e. The Kier molecular flexibility index (Phi) is 8.11. The summed E-state index contributed by atoms with van der Waals surface area (Å²) in [6.07, 6.45) is 2.16. The second-order valence-electron chi connectivity index (χ2n) is 7.38. The molecule has 1 heterocycles. The maximum atomic E-state index is 12.8. The molecule has 3 rings (SSSR count). The number of ether oxygens (including phenoxy) is 3. The number of sulfonamides is 1. The first-order chi connectivity index (χ1) is 15.4. The molecule has 0 bridgehead atoms. The molecule has 1 fully saturated rings. The third-order valence-electron chi connectivity index (χ3n) is 5.34. The van der Waals surface area contributed by atoms with Crippen LogP contribution >= 0.6 is 0 Å². The Morgan fingerprint density at radius 1 is 1.16 bits per heavy atom. The monoisotopic (exact) mass is 462 g/mol. The highest BCUT2D eigenvalue weighted by molar-refractivity contribution is 7.89. The summed E-state index contributed by atoms with van der Waals surface area (Å²) in [7, 11) is -2.21. The van der Waals surface area contributed by atoms with Crippen molar-refractivity contribution in [2.75, 3.05) is 38.7 Å². The van der Waals surface area contributed by atoms with Crippen LogP contribution in [0.2, 0.25) is 0 Å². The van der Waals surface area contributed by atoms with Gasteiger partial charge < -0.3 is 19.5 Å². The van der Waals surface area contributed by atoms with Crippen molar-refractivity contribution in [3.8, 4) is 11.5 Å². The van der Waals surface area contributed by atoms with Gasteiger partial charge in [-0.3, -0.25) is 4.79 Å². The average molecular weight is 463 g/mol. The van der Waals surface area contributed by atoms with Gasteiger partial charge in [0.15, 0.2) is 0 Å². The second-order valence-corrected chi connectivity index (χ2v) is 9.31. The molecule has 1 saturated heterocycles. The van der Waals surface area contributed by atoms with E-state index in [1.165, 1.54) is 29.6 Å². The maximum absolute atomic E-state index is 12.8. The lowest BCUT2D eigenvalue weighted by Crippen LogP contribution is -2.30. The molecule has 8 nitrogen and oxygen atoms in total. The van der Waals surface area contributed by atoms with E-state index in [0.29, 0.717) is 36.8 Å².